The van der Waals surface area contributed by atoms with Crippen LogP contribution in [-0.2, 0) is 9.59 Å². The van der Waals surface area contributed by atoms with Gasteiger partial charge in [0, 0.05) is 31.1 Å². The normalized spacial score (nSPS) is 16.9. The summed E-state index contributed by atoms with van der Waals surface area (Å²) < 4.78 is 0. The van der Waals surface area contributed by atoms with Gasteiger partial charge in [0.05, 0.1) is 0 Å². The summed E-state index contributed by atoms with van der Waals surface area (Å²) in [4.78, 5) is 39.6. The number of nitrogens with one attached hydrogen (secondary N) is 2. The van der Waals surface area contributed by atoms with Gasteiger partial charge >= 0.3 is 0 Å². The molecule has 0 aliphatic carbocycles. The molecule has 1 fully saturated rings. The van der Waals surface area contributed by atoms with Gasteiger partial charge in [-0.1, -0.05) is 32.0 Å². The van der Waals surface area contributed by atoms with Crippen molar-refractivity contribution in [3.8, 4) is 0 Å². The number of rotatable bonds is 7. The van der Waals surface area contributed by atoms with E-state index in [0.29, 0.717) is 37.9 Å². The van der Waals surface area contributed by atoms with Crippen LogP contribution >= 0.6 is 0 Å². The lowest BCUT2D eigenvalue weighted by Gasteiger charge is -2.36. The summed E-state index contributed by atoms with van der Waals surface area (Å²) in [6, 6.07) is 6.83. The minimum absolute atomic E-state index is 0.0120. The average molecular weight is 388 g/mol. The SMILES string of the molecule is CCC(=O)N1CCC([C@@H](NC(=O)c2ccccc2C)C(=O)N[C@@H](C)CC)CC1. The molecule has 1 aliphatic heterocycles. The minimum Gasteiger partial charge on any atom is -0.352 e. The van der Waals surface area contributed by atoms with Gasteiger partial charge in [0.1, 0.15) is 6.04 Å². The number of piperidine rings is 1. The highest BCUT2D eigenvalue weighted by atomic mass is 16.2. The third-order valence-electron chi connectivity index (χ3n) is 5.63. The van der Waals surface area contributed by atoms with Crippen molar-refractivity contribution >= 4 is 17.7 Å². The highest BCUT2D eigenvalue weighted by Crippen LogP contribution is 2.22. The zero-order valence-electron chi connectivity index (χ0n) is 17.5. The molecule has 6 nitrogen and oxygen atoms in total. The Hall–Kier alpha value is -2.37. The van der Waals surface area contributed by atoms with Crippen LogP contribution in [0.2, 0.25) is 0 Å². The first kappa shape index (κ1) is 21.9. The van der Waals surface area contributed by atoms with Crippen LogP contribution in [-0.4, -0.2) is 47.8 Å². The third-order valence-corrected chi connectivity index (χ3v) is 5.63. The minimum atomic E-state index is -0.597. The zero-order chi connectivity index (χ0) is 20.7. The molecule has 2 N–H and O–H groups in total. The van der Waals surface area contributed by atoms with Gasteiger partial charge in [0.25, 0.3) is 5.91 Å². The van der Waals surface area contributed by atoms with Crippen LogP contribution in [0.5, 0.6) is 0 Å². The van der Waals surface area contributed by atoms with Crippen LogP contribution in [0.15, 0.2) is 24.3 Å². The molecule has 0 unspecified atom stereocenters. The number of carbonyl (C=O) groups is 3. The fourth-order valence-corrected chi connectivity index (χ4v) is 3.58. The highest BCUT2D eigenvalue weighted by molar-refractivity contribution is 5.98. The number of benzene rings is 1. The summed E-state index contributed by atoms with van der Waals surface area (Å²) in [6.07, 6.45) is 2.73. The first-order valence-corrected chi connectivity index (χ1v) is 10.3. The number of likely N-dealkylation sites (tertiary alicyclic amines) is 1. The van der Waals surface area contributed by atoms with Crippen molar-refractivity contribution in [2.24, 2.45) is 5.92 Å². The molecule has 0 aromatic heterocycles. The molecule has 6 heteroatoms. The smallest absolute Gasteiger partial charge is 0.252 e. The van der Waals surface area contributed by atoms with E-state index in [-0.39, 0.29) is 29.7 Å². The van der Waals surface area contributed by atoms with Gasteiger partial charge in [-0.15, -0.1) is 0 Å². The molecular formula is C22H33N3O3. The summed E-state index contributed by atoms with van der Waals surface area (Å²) in [7, 11) is 0. The van der Waals surface area contributed by atoms with Crippen molar-refractivity contribution in [2.75, 3.05) is 13.1 Å². The van der Waals surface area contributed by atoms with Crippen LogP contribution in [0.3, 0.4) is 0 Å². The predicted molar refractivity (Wildman–Crippen MR) is 110 cm³/mol. The summed E-state index contributed by atoms with van der Waals surface area (Å²) >= 11 is 0. The van der Waals surface area contributed by atoms with Crippen LogP contribution in [0, 0.1) is 12.8 Å². The summed E-state index contributed by atoms with van der Waals surface area (Å²) in [6.45, 7) is 8.98. The van der Waals surface area contributed by atoms with E-state index in [1.165, 1.54) is 0 Å². The Morgan fingerprint density at radius 3 is 2.32 bits per heavy atom. The van der Waals surface area contributed by atoms with Crippen molar-refractivity contribution < 1.29 is 14.4 Å². The molecule has 28 heavy (non-hydrogen) atoms. The number of hydrogen-bond donors (Lipinski definition) is 2. The van der Waals surface area contributed by atoms with Crippen LogP contribution in [0.25, 0.3) is 0 Å². The average Bonchev–Trinajstić information content (AvgIpc) is 2.71. The van der Waals surface area contributed by atoms with Gasteiger partial charge in [0.2, 0.25) is 11.8 Å². The van der Waals surface area contributed by atoms with Gasteiger partial charge < -0.3 is 15.5 Å². The number of hydrogen-bond acceptors (Lipinski definition) is 3. The first-order chi connectivity index (χ1) is 13.4. The Morgan fingerprint density at radius 1 is 1.11 bits per heavy atom. The molecule has 2 atom stereocenters. The van der Waals surface area contributed by atoms with E-state index >= 15 is 0 Å². The second-order valence-corrected chi connectivity index (χ2v) is 7.66. The largest absolute Gasteiger partial charge is 0.352 e. The lowest BCUT2D eigenvalue weighted by atomic mass is 9.88. The van der Waals surface area contributed by atoms with E-state index in [1.54, 1.807) is 6.07 Å². The van der Waals surface area contributed by atoms with E-state index in [4.69, 9.17) is 0 Å². The maximum atomic E-state index is 12.9. The lowest BCUT2D eigenvalue weighted by Crippen LogP contribution is -2.55. The number of nitrogens with zero attached hydrogens (tertiary/aromatic N) is 1. The Bertz CT molecular complexity index is 696. The van der Waals surface area contributed by atoms with E-state index in [2.05, 4.69) is 10.6 Å². The van der Waals surface area contributed by atoms with Gasteiger partial charge in [-0.2, -0.15) is 0 Å². The summed E-state index contributed by atoms with van der Waals surface area (Å²) in [5.41, 5.74) is 1.46. The zero-order valence-corrected chi connectivity index (χ0v) is 17.5. The van der Waals surface area contributed by atoms with Crippen LogP contribution < -0.4 is 10.6 Å². The molecule has 0 radical (unpaired) electrons. The molecule has 3 amide bonds. The molecule has 0 saturated carbocycles. The Morgan fingerprint density at radius 2 is 1.75 bits per heavy atom. The molecule has 0 bridgehead atoms. The molecule has 0 spiro atoms. The molecular weight excluding hydrogens is 354 g/mol. The predicted octanol–water partition coefficient (Wildman–Crippen LogP) is 2.66. The van der Waals surface area contributed by atoms with Gasteiger partial charge in [-0.25, -0.2) is 0 Å². The Labute approximate surface area is 168 Å². The second-order valence-electron chi connectivity index (χ2n) is 7.66. The van der Waals surface area contributed by atoms with Crippen molar-refractivity contribution in [1.29, 1.82) is 0 Å². The molecule has 2 rings (SSSR count). The molecule has 154 valence electrons. The maximum absolute atomic E-state index is 12.9. The number of amides is 3. The summed E-state index contributed by atoms with van der Waals surface area (Å²) in [5, 5.41) is 5.99. The molecule has 1 aliphatic rings. The van der Waals surface area contributed by atoms with Crippen LogP contribution in [0.1, 0.15) is 62.4 Å². The fraction of sp³-hybridized carbons (Fsp3) is 0.591. The van der Waals surface area contributed by atoms with E-state index in [9.17, 15) is 14.4 Å². The highest BCUT2D eigenvalue weighted by Gasteiger charge is 2.34. The third kappa shape index (κ3) is 5.57. The topological polar surface area (TPSA) is 78.5 Å². The lowest BCUT2D eigenvalue weighted by molar-refractivity contribution is -0.132. The fourth-order valence-electron chi connectivity index (χ4n) is 3.58. The van der Waals surface area contributed by atoms with Crippen LogP contribution in [0.4, 0.5) is 0 Å². The van der Waals surface area contributed by atoms with E-state index in [1.807, 2.05) is 50.8 Å². The van der Waals surface area contributed by atoms with Gasteiger partial charge in [0.15, 0.2) is 0 Å². The number of aryl methyl sites for hydroxylation is 1. The molecule has 1 aromatic rings. The van der Waals surface area contributed by atoms with E-state index < -0.39 is 6.04 Å². The van der Waals surface area contributed by atoms with Crippen molar-refractivity contribution in [3.63, 3.8) is 0 Å². The summed E-state index contributed by atoms with van der Waals surface area (Å²) in [5.74, 6) is -0.216. The standard InChI is InChI=1S/C22H33N3O3/c1-5-16(4)23-22(28)20(17-11-13-25(14-12-17)19(26)6-2)24-21(27)18-10-8-7-9-15(18)3/h7-10,16-17,20H,5-6,11-14H2,1-4H3,(H,23,28)(H,24,27)/t16-,20+/m0/s1. The van der Waals surface area contributed by atoms with Crippen molar-refractivity contribution in [1.82, 2.24) is 15.5 Å². The Balaban J connectivity index is 2.13. The Kier molecular flexibility index (Phi) is 8.03. The van der Waals surface area contributed by atoms with Gasteiger partial charge in [-0.05, 0) is 50.7 Å². The van der Waals surface area contributed by atoms with Gasteiger partial charge in [-0.3, -0.25) is 14.4 Å². The van der Waals surface area contributed by atoms with Crippen molar-refractivity contribution in [3.05, 3.63) is 35.4 Å². The molecule has 1 saturated heterocycles. The van der Waals surface area contributed by atoms with Crippen molar-refractivity contribution in [2.45, 2.75) is 65.5 Å². The number of carbonyl (C=O) groups excluding carboxylic acids is 3. The van der Waals surface area contributed by atoms with E-state index in [0.717, 1.165) is 12.0 Å². The molecule has 1 aromatic carbocycles. The molecule has 1 heterocycles. The maximum Gasteiger partial charge on any atom is 0.252 e. The first-order valence-electron chi connectivity index (χ1n) is 10.3. The monoisotopic (exact) mass is 387 g/mol. The second kappa shape index (κ2) is 10.2. The quantitative estimate of drug-likeness (QED) is 0.755.